The van der Waals surface area contributed by atoms with Crippen LogP contribution in [0.1, 0.15) is 103 Å². The molecule has 0 aliphatic carbocycles. The predicted molar refractivity (Wildman–Crippen MR) is 105 cm³/mol. The largest absolute Gasteiger partial charge is 0.0654 e. The van der Waals surface area contributed by atoms with E-state index in [0.29, 0.717) is 0 Å². The molecule has 0 spiro atoms. The zero-order valence-corrected chi connectivity index (χ0v) is 16.4. The van der Waals surface area contributed by atoms with Crippen LogP contribution in [-0.2, 0) is 0 Å². The highest BCUT2D eigenvalue weighted by Crippen LogP contribution is 2.38. The van der Waals surface area contributed by atoms with E-state index in [9.17, 15) is 0 Å². The van der Waals surface area contributed by atoms with Crippen molar-refractivity contribution in [2.24, 2.45) is 11.8 Å². The molecule has 132 valence electrons. The molecule has 0 nitrogen and oxygen atoms in total. The molecule has 0 bridgehead atoms. The van der Waals surface area contributed by atoms with Crippen LogP contribution in [0.5, 0.6) is 0 Å². The van der Waals surface area contributed by atoms with Gasteiger partial charge in [-0.2, -0.15) is 0 Å². The lowest BCUT2D eigenvalue weighted by molar-refractivity contribution is 0.259. The lowest BCUT2D eigenvalue weighted by Crippen LogP contribution is -2.20. The number of hydrogen-bond acceptors (Lipinski definition) is 0. The van der Waals surface area contributed by atoms with Crippen LogP contribution < -0.4 is 0 Å². The topological polar surface area (TPSA) is 0 Å². The number of hydrogen-bond donors (Lipinski definition) is 0. The van der Waals surface area contributed by atoms with E-state index < -0.39 is 0 Å². The van der Waals surface area contributed by atoms with E-state index in [2.05, 4.69) is 58.9 Å². The number of benzene rings is 1. The third kappa shape index (κ3) is 7.10. The molecule has 1 rings (SSSR count). The van der Waals surface area contributed by atoms with Crippen LogP contribution in [-0.4, -0.2) is 0 Å². The fraction of sp³-hybridized carbons (Fsp3) is 0.739. The van der Waals surface area contributed by atoms with Gasteiger partial charge in [0.2, 0.25) is 0 Å². The molecule has 0 heterocycles. The molecular weight excluding hydrogens is 276 g/mol. The normalized spacial score (nSPS) is 15.3. The zero-order chi connectivity index (χ0) is 17.1. The van der Waals surface area contributed by atoms with E-state index in [4.69, 9.17) is 0 Å². The maximum atomic E-state index is 2.52. The second-order valence-electron chi connectivity index (χ2n) is 7.54. The van der Waals surface area contributed by atoms with Crippen LogP contribution in [0.15, 0.2) is 24.3 Å². The third-order valence-electron chi connectivity index (χ3n) is 5.71. The van der Waals surface area contributed by atoms with Gasteiger partial charge in [-0.25, -0.2) is 0 Å². The van der Waals surface area contributed by atoms with Gasteiger partial charge in [-0.15, -0.1) is 0 Å². The van der Waals surface area contributed by atoms with Crippen molar-refractivity contribution < 1.29 is 0 Å². The SMILES string of the molecule is CCCCCC(CC)C(C)C(CCCCC)c1ccc(C)cc1. The predicted octanol–water partition coefficient (Wildman–Crippen LogP) is 7.90. The van der Waals surface area contributed by atoms with Crippen molar-refractivity contribution in [3.8, 4) is 0 Å². The van der Waals surface area contributed by atoms with Crippen LogP contribution >= 0.6 is 0 Å². The molecule has 1 aromatic rings. The molecule has 0 radical (unpaired) electrons. The molecule has 0 heteroatoms. The average molecular weight is 317 g/mol. The molecule has 0 saturated heterocycles. The number of aryl methyl sites for hydroxylation is 1. The van der Waals surface area contributed by atoms with Crippen LogP contribution in [0.25, 0.3) is 0 Å². The minimum Gasteiger partial charge on any atom is -0.0654 e. The van der Waals surface area contributed by atoms with Gasteiger partial charge in [0.1, 0.15) is 0 Å². The van der Waals surface area contributed by atoms with E-state index in [1.807, 2.05) is 0 Å². The van der Waals surface area contributed by atoms with Crippen molar-refractivity contribution >= 4 is 0 Å². The summed E-state index contributed by atoms with van der Waals surface area (Å²) in [6, 6.07) is 9.38. The molecule has 0 N–H and O–H groups in total. The highest BCUT2D eigenvalue weighted by molar-refractivity contribution is 5.25. The monoisotopic (exact) mass is 316 g/mol. The summed E-state index contributed by atoms with van der Waals surface area (Å²) in [4.78, 5) is 0. The van der Waals surface area contributed by atoms with Crippen LogP contribution in [0, 0.1) is 18.8 Å². The first-order valence-corrected chi connectivity index (χ1v) is 10.2. The lowest BCUT2D eigenvalue weighted by Gasteiger charge is -2.31. The Morgan fingerprint density at radius 2 is 1.35 bits per heavy atom. The fourth-order valence-corrected chi connectivity index (χ4v) is 3.98. The van der Waals surface area contributed by atoms with E-state index in [-0.39, 0.29) is 0 Å². The Kier molecular flexibility index (Phi) is 10.3. The Morgan fingerprint density at radius 1 is 0.783 bits per heavy atom. The summed E-state index contributed by atoms with van der Waals surface area (Å²) < 4.78 is 0. The third-order valence-corrected chi connectivity index (χ3v) is 5.71. The first-order chi connectivity index (χ1) is 11.1. The number of rotatable bonds is 12. The smallest absolute Gasteiger partial charge is 0.0134 e. The molecule has 0 saturated carbocycles. The summed E-state index contributed by atoms with van der Waals surface area (Å²) in [5.41, 5.74) is 2.96. The molecule has 0 aliphatic heterocycles. The maximum Gasteiger partial charge on any atom is -0.0134 e. The van der Waals surface area contributed by atoms with Crippen LogP contribution in [0.4, 0.5) is 0 Å². The van der Waals surface area contributed by atoms with E-state index in [1.165, 1.54) is 63.4 Å². The maximum absolute atomic E-state index is 2.52. The standard InChI is InChI=1S/C23H40/c1-6-9-11-13-21(8-3)20(5)23(14-12-10-7-2)22-17-15-19(4)16-18-22/h15-18,20-21,23H,6-14H2,1-5H3. The summed E-state index contributed by atoms with van der Waals surface area (Å²) in [5.74, 6) is 2.43. The van der Waals surface area contributed by atoms with E-state index >= 15 is 0 Å². The van der Waals surface area contributed by atoms with Gasteiger partial charge in [-0.1, -0.05) is 109 Å². The molecule has 23 heavy (non-hydrogen) atoms. The first kappa shape index (κ1) is 20.3. The molecular formula is C23H40. The van der Waals surface area contributed by atoms with Crippen molar-refractivity contribution in [2.45, 2.75) is 98.3 Å². The highest BCUT2D eigenvalue weighted by atomic mass is 14.3. The zero-order valence-electron chi connectivity index (χ0n) is 16.4. The molecule has 0 aliphatic rings. The first-order valence-electron chi connectivity index (χ1n) is 10.2. The van der Waals surface area contributed by atoms with Crippen molar-refractivity contribution in [1.29, 1.82) is 0 Å². The van der Waals surface area contributed by atoms with Crippen molar-refractivity contribution in [1.82, 2.24) is 0 Å². The number of unbranched alkanes of at least 4 members (excludes halogenated alkanes) is 4. The molecule has 3 atom stereocenters. The van der Waals surface area contributed by atoms with Gasteiger partial charge in [0.25, 0.3) is 0 Å². The van der Waals surface area contributed by atoms with Crippen LogP contribution in [0.3, 0.4) is 0 Å². The summed E-state index contributed by atoms with van der Waals surface area (Å²) in [7, 11) is 0. The lowest BCUT2D eigenvalue weighted by atomic mass is 9.74. The molecule has 1 aromatic carbocycles. The van der Waals surface area contributed by atoms with Gasteiger partial charge in [-0.05, 0) is 36.7 Å². The average Bonchev–Trinajstić information content (AvgIpc) is 2.56. The minimum absolute atomic E-state index is 0.744. The van der Waals surface area contributed by atoms with Gasteiger partial charge >= 0.3 is 0 Å². The van der Waals surface area contributed by atoms with Crippen molar-refractivity contribution in [3.63, 3.8) is 0 Å². The summed E-state index contributed by atoms with van der Waals surface area (Å²) in [6.07, 6.45) is 12.3. The molecule has 0 amide bonds. The van der Waals surface area contributed by atoms with Crippen molar-refractivity contribution in [2.75, 3.05) is 0 Å². The summed E-state index contributed by atoms with van der Waals surface area (Å²) in [6.45, 7) is 11.7. The summed E-state index contributed by atoms with van der Waals surface area (Å²) >= 11 is 0. The van der Waals surface area contributed by atoms with Gasteiger partial charge in [0, 0.05) is 0 Å². The van der Waals surface area contributed by atoms with Crippen LogP contribution in [0.2, 0.25) is 0 Å². The highest BCUT2D eigenvalue weighted by Gasteiger charge is 2.25. The van der Waals surface area contributed by atoms with Gasteiger partial charge < -0.3 is 0 Å². The Bertz CT molecular complexity index is 389. The Morgan fingerprint density at radius 3 is 1.87 bits per heavy atom. The van der Waals surface area contributed by atoms with E-state index in [0.717, 1.165) is 17.8 Å². The van der Waals surface area contributed by atoms with Crippen molar-refractivity contribution in [3.05, 3.63) is 35.4 Å². The van der Waals surface area contributed by atoms with Gasteiger partial charge in [0.05, 0.1) is 0 Å². The molecule has 0 aromatic heterocycles. The van der Waals surface area contributed by atoms with E-state index in [1.54, 1.807) is 5.56 Å². The van der Waals surface area contributed by atoms with Gasteiger partial charge in [0.15, 0.2) is 0 Å². The minimum atomic E-state index is 0.744. The summed E-state index contributed by atoms with van der Waals surface area (Å²) in [5, 5.41) is 0. The quantitative estimate of drug-likeness (QED) is 0.344. The Hall–Kier alpha value is -0.780. The second kappa shape index (κ2) is 11.7. The Labute approximate surface area is 146 Å². The second-order valence-corrected chi connectivity index (χ2v) is 7.54. The Balaban J connectivity index is 2.80. The molecule has 3 unspecified atom stereocenters. The fourth-order valence-electron chi connectivity index (χ4n) is 3.98. The van der Waals surface area contributed by atoms with Gasteiger partial charge in [-0.3, -0.25) is 0 Å². The molecule has 0 fully saturated rings.